The molecule has 124 valence electrons. The van der Waals surface area contributed by atoms with Gasteiger partial charge >= 0.3 is 0 Å². The molecule has 0 fully saturated rings. The maximum absolute atomic E-state index is 12.0. The summed E-state index contributed by atoms with van der Waals surface area (Å²) >= 11 is 5.79. The number of halogens is 1. The number of nitrogens with zero attached hydrogens (tertiary/aromatic N) is 2. The first-order valence-electron chi connectivity index (χ1n) is 7.32. The first-order valence-corrected chi connectivity index (χ1v) is 7.70. The number of carbonyl (C=O) groups excluding carboxylic acids is 1. The van der Waals surface area contributed by atoms with Crippen LogP contribution in [-0.2, 0) is 4.79 Å². The fourth-order valence-electron chi connectivity index (χ4n) is 2.23. The zero-order valence-electron chi connectivity index (χ0n) is 12.8. The summed E-state index contributed by atoms with van der Waals surface area (Å²) in [6, 6.07) is 13.9. The number of nitro benzene ring substituents is 1. The van der Waals surface area contributed by atoms with Gasteiger partial charge in [0.25, 0.3) is 11.6 Å². The van der Waals surface area contributed by atoms with Crippen LogP contribution >= 0.6 is 11.6 Å². The number of amides is 1. The van der Waals surface area contributed by atoms with Crippen LogP contribution in [0.4, 0.5) is 5.69 Å². The molecule has 0 saturated carbocycles. The lowest BCUT2D eigenvalue weighted by atomic mass is 10.2. The van der Waals surface area contributed by atoms with Crippen LogP contribution in [0.1, 0.15) is 11.1 Å². The van der Waals surface area contributed by atoms with Gasteiger partial charge in [-0.15, -0.1) is 0 Å². The minimum Gasteiger partial charge on any atom is -0.305 e. The van der Waals surface area contributed by atoms with Crippen molar-refractivity contribution >= 4 is 35.1 Å². The molecule has 7 heteroatoms. The summed E-state index contributed by atoms with van der Waals surface area (Å²) in [6.07, 6.45) is 5.15. The third-order valence-corrected chi connectivity index (χ3v) is 3.78. The van der Waals surface area contributed by atoms with E-state index in [9.17, 15) is 14.9 Å². The first kappa shape index (κ1) is 16.6. The van der Waals surface area contributed by atoms with Crippen molar-refractivity contribution in [1.29, 1.82) is 0 Å². The van der Waals surface area contributed by atoms with Crippen molar-refractivity contribution in [3.05, 3.63) is 92.6 Å². The molecule has 0 bridgehead atoms. The van der Waals surface area contributed by atoms with E-state index in [1.165, 1.54) is 12.1 Å². The van der Waals surface area contributed by atoms with Gasteiger partial charge < -0.3 is 5.32 Å². The highest BCUT2D eigenvalue weighted by atomic mass is 35.5. The monoisotopic (exact) mass is 353 g/mol. The number of hydrogen-bond donors (Lipinski definition) is 1. The Kier molecular flexibility index (Phi) is 4.72. The predicted molar refractivity (Wildman–Crippen MR) is 96.3 cm³/mol. The summed E-state index contributed by atoms with van der Waals surface area (Å²) in [6.45, 7) is 0. The molecule has 1 N–H and O–H groups in total. The Morgan fingerprint density at radius 3 is 2.64 bits per heavy atom. The van der Waals surface area contributed by atoms with Crippen molar-refractivity contribution in [2.24, 2.45) is 4.99 Å². The molecule has 0 atom stereocenters. The molecule has 1 aliphatic heterocycles. The normalized spacial score (nSPS) is 15.5. The molecule has 0 aliphatic carbocycles. The second kappa shape index (κ2) is 7.11. The first-order chi connectivity index (χ1) is 12.0. The predicted octanol–water partition coefficient (Wildman–Crippen LogP) is 3.72. The number of nitrogens with one attached hydrogen (secondary N) is 1. The Hall–Kier alpha value is -3.25. The average Bonchev–Trinajstić information content (AvgIpc) is 2.97. The largest absolute Gasteiger partial charge is 0.305 e. The van der Waals surface area contributed by atoms with Gasteiger partial charge in [-0.25, -0.2) is 4.99 Å². The highest BCUT2D eigenvalue weighted by molar-refractivity contribution is 6.33. The SMILES string of the molecule is O=C1NC(c2ccc(Cl)c([N+](=O)[O-])c2)=N/C1=C\C=C\c1ccccc1. The molecule has 25 heavy (non-hydrogen) atoms. The van der Waals surface area contributed by atoms with E-state index in [0.717, 1.165) is 5.56 Å². The van der Waals surface area contributed by atoms with Crippen LogP contribution in [0.2, 0.25) is 5.02 Å². The van der Waals surface area contributed by atoms with Crippen molar-refractivity contribution < 1.29 is 9.72 Å². The Morgan fingerprint density at radius 2 is 1.92 bits per heavy atom. The summed E-state index contributed by atoms with van der Waals surface area (Å²) in [7, 11) is 0. The summed E-state index contributed by atoms with van der Waals surface area (Å²) in [5.41, 5.74) is 1.40. The lowest BCUT2D eigenvalue weighted by Gasteiger charge is -2.01. The van der Waals surface area contributed by atoms with Gasteiger partial charge in [-0.2, -0.15) is 0 Å². The van der Waals surface area contributed by atoms with Crippen molar-refractivity contribution in [3.63, 3.8) is 0 Å². The number of aliphatic imine (C=N–C) groups is 1. The van der Waals surface area contributed by atoms with Gasteiger partial charge in [0.15, 0.2) is 0 Å². The Balaban J connectivity index is 1.85. The van der Waals surface area contributed by atoms with Crippen LogP contribution in [-0.4, -0.2) is 16.7 Å². The minimum atomic E-state index is -0.581. The molecule has 2 aromatic rings. The summed E-state index contributed by atoms with van der Waals surface area (Å²) in [4.78, 5) is 26.6. The van der Waals surface area contributed by atoms with Gasteiger partial charge in [0.2, 0.25) is 0 Å². The minimum absolute atomic E-state index is 0.0280. The van der Waals surface area contributed by atoms with E-state index in [2.05, 4.69) is 10.3 Å². The lowest BCUT2D eigenvalue weighted by Crippen LogP contribution is -2.24. The van der Waals surface area contributed by atoms with Crippen LogP contribution in [0, 0.1) is 10.1 Å². The van der Waals surface area contributed by atoms with Gasteiger partial charge in [-0.3, -0.25) is 14.9 Å². The number of benzene rings is 2. The number of nitro groups is 1. The number of allylic oxidation sites excluding steroid dienone is 2. The zero-order valence-corrected chi connectivity index (χ0v) is 13.6. The molecule has 1 aliphatic rings. The van der Waals surface area contributed by atoms with Gasteiger partial charge in [-0.05, 0) is 23.8 Å². The van der Waals surface area contributed by atoms with E-state index < -0.39 is 4.92 Å². The van der Waals surface area contributed by atoms with Gasteiger partial charge in [0.05, 0.1) is 4.92 Å². The van der Waals surface area contributed by atoms with Crippen LogP contribution in [0.25, 0.3) is 6.08 Å². The quantitative estimate of drug-likeness (QED) is 0.516. The fraction of sp³-hybridized carbons (Fsp3) is 0. The second-order valence-electron chi connectivity index (χ2n) is 5.16. The van der Waals surface area contributed by atoms with Crippen LogP contribution in [0.5, 0.6) is 0 Å². The van der Waals surface area contributed by atoms with Crippen LogP contribution in [0.3, 0.4) is 0 Å². The zero-order chi connectivity index (χ0) is 17.8. The summed E-state index contributed by atoms with van der Waals surface area (Å²) in [5.74, 6) is -0.116. The van der Waals surface area contributed by atoms with Crippen molar-refractivity contribution in [1.82, 2.24) is 5.32 Å². The smallest absolute Gasteiger partial charge is 0.288 e. The van der Waals surface area contributed by atoms with E-state index >= 15 is 0 Å². The van der Waals surface area contributed by atoms with Gasteiger partial charge in [0, 0.05) is 11.6 Å². The molecule has 2 aromatic carbocycles. The summed E-state index contributed by atoms with van der Waals surface area (Å²) < 4.78 is 0. The highest BCUT2D eigenvalue weighted by Gasteiger charge is 2.23. The number of rotatable bonds is 4. The molecule has 0 radical (unpaired) electrons. The average molecular weight is 354 g/mol. The van der Waals surface area contributed by atoms with Crippen molar-refractivity contribution in [2.75, 3.05) is 0 Å². The van der Waals surface area contributed by atoms with Crippen LogP contribution < -0.4 is 5.32 Å². The van der Waals surface area contributed by atoms with Gasteiger partial charge in [0.1, 0.15) is 16.6 Å². The standard InChI is InChI=1S/C18H12ClN3O3/c19-14-10-9-13(11-16(14)22(24)25)17-20-15(18(23)21-17)8-4-7-12-5-2-1-3-6-12/h1-11H,(H,20,21,23)/b7-4+,15-8-. The molecule has 0 saturated heterocycles. The Bertz CT molecular complexity index is 934. The summed E-state index contributed by atoms with van der Waals surface area (Å²) in [5, 5.41) is 13.6. The second-order valence-corrected chi connectivity index (χ2v) is 5.57. The highest BCUT2D eigenvalue weighted by Crippen LogP contribution is 2.26. The molecular formula is C18H12ClN3O3. The number of hydrogen-bond acceptors (Lipinski definition) is 4. The van der Waals surface area contributed by atoms with Crippen molar-refractivity contribution in [3.8, 4) is 0 Å². The van der Waals surface area contributed by atoms with E-state index in [1.807, 2.05) is 36.4 Å². The molecule has 6 nitrogen and oxygen atoms in total. The maximum Gasteiger partial charge on any atom is 0.288 e. The van der Waals surface area contributed by atoms with Gasteiger partial charge in [-0.1, -0.05) is 54.1 Å². The molecule has 0 spiro atoms. The third-order valence-electron chi connectivity index (χ3n) is 3.46. The maximum atomic E-state index is 12.0. The molecule has 0 unspecified atom stereocenters. The van der Waals surface area contributed by atoms with E-state index in [1.54, 1.807) is 18.2 Å². The fourth-order valence-corrected chi connectivity index (χ4v) is 2.42. The van der Waals surface area contributed by atoms with E-state index in [4.69, 9.17) is 11.6 Å². The lowest BCUT2D eigenvalue weighted by molar-refractivity contribution is -0.384. The van der Waals surface area contributed by atoms with E-state index in [0.29, 0.717) is 5.56 Å². The molecule has 0 aromatic heterocycles. The topological polar surface area (TPSA) is 84.6 Å². The molecule has 1 heterocycles. The van der Waals surface area contributed by atoms with Crippen molar-refractivity contribution in [2.45, 2.75) is 0 Å². The third kappa shape index (κ3) is 3.81. The molecule has 3 rings (SSSR count). The molecular weight excluding hydrogens is 342 g/mol. The van der Waals surface area contributed by atoms with E-state index in [-0.39, 0.29) is 28.1 Å². The Morgan fingerprint density at radius 1 is 1.16 bits per heavy atom. The Labute approximate surface area is 148 Å². The number of carbonyl (C=O) groups is 1. The molecule has 1 amide bonds. The number of amidine groups is 1. The van der Waals surface area contributed by atoms with Crippen LogP contribution in [0.15, 0.2) is 71.4 Å².